The van der Waals surface area contributed by atoms with E-state index in [4.69, 9.17) is 9.84 Å². The van der Waals surface area contributed by atoms with Crippen LogP contribution in [0.5, 0.6) is 11.5 Å². The van der Waals surface area contributed by atoms with E-state index in [2.05, 4.69) is 20.6 Å². The van der Waals surface area contributed by atoms with Crippen molar-refractivity contribution in [3.05, 3.63) is 52.6 Å². The first-order valence-electron chi connectivity index (χ1n) is 7.22. The zero-order valence-electron chi connectivity index (χ0n) is 13.4. The van der Waals surface area contributed by atoms with Crippen molar-refractivity contribution in [1.29, 1.82) is 0 Å². The molecule has 0 saturated carbocycles. The van der Waals surface area contributed by atoms with E-state index >= 15 is 0 Å². The van der Waals surface area contributed by atoms with E-state index in [9.17, 15) is 14.9 Å². The molecule has 26 heavy (non-hydrogen) atoms. The Morgan fingerprint density at radius 1 is 1.23 bits per heavy atom. The predicted octanol–water partition coefficient (Wildman–Crippen LogP) is 2.68. The number of hydrogen-bond acceptors (Lipinski definition) is 7. The smallest absolute Gasteiger partial charge is 0.411 e. The van der Waals surface area contributed by atoms with Gasteiger partial charge in [0.05, 0.1) is 4.92 Å². The quantitative estimate of drug-likeness (QED) is 0.523. The second kappa shape index (κ2) is 6.84. The van der Waals surface area contributed by atoms with Crippen molar-refractivity contribution in [3.63, 3.8) is 0 Å². The van der Waals surface area contributed by atoms with Crippen LogP contribution in [0, 0.1) is 10.1 Å². The van der Waals surface area contributed by atoms with Crippen LogP contribution in [0.3, 0.4) is 0 Å². The summed E-state index contributed by atoms with van der Waals surface area (Å²) in [6.45, 7) is 0. The number of nitro groups is 1. The van der Waals surface area contributed by atoms with E-state index in [0.29, 0.717) is 11.6 Å². The van der Waals surface area contributed by atoms with Gasteiger partial charge in [0.2, 0.25) is 5.82 Å². The SMILES string of the molecule is CN(C(=O)O)c1cc(Oc2ccc(-c3nn[nH]n3)cc2)ccc1[N+](=O)[O-]. The first kappa shape index (κ1) is 16.8. The number of carboxylic acid groups (broad SMARTS) is 1. The number of hydrogen-bond donors (Lipinski definition) is 2. The highest BCUT2D eigenvalue weighted by molar-refractivity contribution is 5.89. The van der Waals surface area contributed by atoms with Crippen LogP contribution in [0.2, 0.25) is 0 Å². The molecular weight excluding hydrogens is 344 g/mol. The fourth-order valence-corrected chi connectivity index (χ4v) is 2.19. The number of rotatable bonds is 5. The molecule has 0 radical (unpaired) electrons. The van der Waals surface area contributed by atoms with Gasteiger partial charge in [-0.25, -0.2) is 4.79 Å². The lowest BCUT2D eigenvalue weighted by molar-refractivity contribution is -0.384. The Hall–Kier alpha value is -4.02. The molecule has 0 unspecified atom stereocenters. The number of benzene rings is 2. The van der Waals surface area contributed by atoms with Crippen LogP contribution in [0.4, 0.5) is 16.2 Å². The van der Waals surface area contributed by atoms with Gasteiger partial charge in [0.15, 0.2) is 0 Å². The molecule has 1 aromatic heterocycles. The van der Waals surface area contributed by atoms with Crippen molar-refractivity contribution >= 4 is 17.5 Å². The van der Waals surface area contributed by atoms with Crippen LogP contribution in [-0.2, 0) is 0 Å². The first-order valence-corrected chi connectivity index (χ1v) is 7.22. The molecule has 0 saturated heterocycles. The second-order valence-electron chi connectivity index (χ2n) is 5.11. The molecule has 2 N–H and O–H groups in total. The average Bonchev–Trinajstić information content (AvgIpc) is 3.16. The van der Waals surface area contributed by atoms with E-state index in [0.717, 1.165) is 10.5 Å². The monoisotopic (exact) mass is 356 g/mol. The van der Waals surface area contributed by atoms with Crippen LogP contribution in [0.25, 0.3) is 11.4 Å². The predicted molar refractivity (Wildman–Crippen MR) is 89.2 cm³/mol. The molecule has 0 aliphatic carbocycles. The Morgan fingerprint density at radius 2 is 1.92 bits per heavy atom. The number of anilines is 1. The van der Waals surface area contributed by atoms with E-state index in [1.165, 1.54) is 25.2 Å². The molecule has 0 aliphatic rings. The van der Waals surface area contributed by atoms with Crippen molar-refractivity contribution in [1.82, 2.24) is 20.6 Å². The molecule has 0 aliphatic heterocycles. The molecule has 1 heterocycles. The minimum atomic E-state index is -1.32. The zero-order valence-corrected chi connectivity index (χ0v) is 13.4. The summed E-state index contributed by atoms with van der Waals surface area (Å²) in [6, 6.07) is 10.6. The van der Waals surface area contributed by atoms with E-state index in [1.54, 1.807) is 24.3 Å². The Bertz CT molecular complexity index is 942. The molecule has 0 spiro atoms. The maximum atomic E-state index is 11.1. The Morgan fingerprint density at radius 3 is 2.50 bits per heavy atom. The third kappa shape index (κ3) is 3.40. The highest BCUT2D eigenvalue weighted by atomic mass is 16.6. The average molecular weight is 356 g/mol. The van der Waals surface area contributed by atoms with Gasteiger partial charge in [-0.2, -0.15) is 5.21 Å². The van der Waals surface area contributed by atoms with Gasteiger partial charge in [-0.05, 0) is 35.5 Å². The van der Waals surface area contributed by atoms with E-state index in [1.807, 2.05) is 0 Å². The number of H-pyrrole nitrogens is 1. The fraction of sp³-hybridized carbons (Fsp3) is 0.0667. The van der Waals surface area contributed by atoms with Gasteiger partial charge in [-0.3, -0.25) is 15.0 Å². The lowest BCUT2D eigenvalue weighted by Crippen LogP contribution is -2.24. The van der Waals surface area contributed by atoms with Gasteiger partial charge >= 0.3 is 6.09 Å². The van der Waals surface area contributed by atoms with Crippen molar-refractivity contribution in [2.45, 2.75) is 0 Å². The number of amides is 1. The van der Waals surface area contributed by atoms with Gasteiger partial charge in [0.1, 0.15) is 17.2 Å². The molecule has 3 rings (SSSR count). The molecule has 132 valence electrons. The Labute approximate surface area is 146 Å². The Balaban J connectivity index is 1.86. The number of carbonyl (C=O) groups is 1. The third-order valence-corrected chi connectivity index (χ3v) is 3.49. The van der Waals surface area contributed by atoms with Gasteiger partial charge in [0, 0.05) is 24.7 Å². The van der Waals surface area contributed by atoms with Crippen LogP contribution < -0.4 is 9.64 Å². The lowest BCUT2D eigenvalue weighted by atomic mass is 10.2. The third-order valence-electron chi connectivity index (χ3n) is 3.49. The number of aromatic amines is 1. The van der Waals surface area contributed by atoms with Crippen LogP contribution >= 0.6 is 0 Å². The molecule has 0 fully saturated rings. The number of ether oxygens (including phenoxy) is 1. The van der Waals surface area contributed by atoms with Gasteiger partial charge in [0.25, 0.3) is 5.69 Å². The van der Waals surface area contributed by atoms with Gasteiger partial charge in [-0.15, -0.1) is 10.2 Å². The van der Waals surface area contributed by atoms with Gasteiger partial charge < -0.3 is 9.84 Å². The number of tetrazole rings is 1. The summed E-state index contributed by atoms with van der Waals surface area (Å²) in [5.41, 5.74) is 0.291. The largest absolute Gasteiger partial charge is 0.465 e. The van der Waals surface area contributed by atoms with Crippen molar-refractivity contribution in [3.8, 4) is 22.9 Å². The number of nitrogens with one attached hydrogen (secondary N) is 1. The maximum Gasteiger partial charge on any atom is 0.411 e. The fourth-order valence-electron chi connectivity index (χ4n) is 2.19. The minimum absolute atomic E-state index is 0.0941. The van der Waals surface area contributed by atoms with Gasteiger partial charge in [-0.1, -0.05) is 0 Å². The zero-order chi connectivity index (χ0) is 18.7. The number of aromatic nitrogens is 4. The molecule has 1 amide bonds. The van der Waals surface area contributed by atoms with Crippen LogP contribution in [-0.4, -0.2) is 43.8 Å². The summed E-state index contributed by atoms with van der Waals surface area (Å²) < 4.78 is 5.65. The number of nitrogens with zero attached hydrogens (tertiary/aromatic N) is 5. The summed E-state index contributed by atoms with van der Waals surface area (Å²) in [4.78, 5) is 22.3. The molecule has 2 aromatic carbocycles. The van der Waals surface area contributed by atoms with Crippen molar-refractivity contribution in [2.24, 2.45) is 0 Å². The highest BCUT2D eigenvalue weighted by Gasteiger charge is 2.22. The normalized spacial score (nSPS) is 10.3. The van der Waals surface area contributed by atoms with Crippen LogP contribution in [0.1, 0.15) is 0 Å². The molecule has 3 aromatic rings. The topological polar surface area (TPSA) is 147 Å². The summed E-state index contributed by atoms with van der Waals surface area (Å²) in [5, 5.41) is 33.7. The summed E-state index contributed by atoms with van der Waals surface area (Å²) in [6.07, 6.45) is -1.32. The maximum absolute atomic E-state index is 11.1. The summed E-state index contributed by atoms with van der Waals surface area (Å²) in [5.74, 6) is 1.14. The molecule has 11 nitrogen and oxygen atoms in total. The number of nitro benzene ring substituents is 1. The molecule has 0 bridgehead atoms. The second-order valence-corrected chi connectivity index (χ2v) is 5.11. The minimum Gasteiger partial charge on any atom is -0.465 e. The highest BCUT2D eigenvalue weighted by Crippen LogP contribution is 2.34. The van der Waals surface area contributed by atoms with E-state index in [-0.39, 0.29) is 17.1 Å². The van der Waals surface area contributed by atoms with E-state index < -0.39 is 11.0 Å². The molecule has 0 atom stereocenters. The lowest BCUT2D eigenvalue weighted by Gasteiger charge is -2.14. The van der Waals surface area contributed by atoms with Crippen molar-refractivity contribution < 1.29 is 19.6 Å². The van der Waals surface area contributed by atoms with Crippen LogP contribution in [0.15, 0.2) is 42.5 Å². The molecule has 11 heteroatoms. The Kier molecular flexibility index (Phi) is 4.43. The summed E-state index contributed by atoms with van der Waals surface area (Å²) >= 11 is 0. The van der Waals surface area contributed by atoms with Crippen molar-refractivity contribution in [2.75, 3.05) is 11.9 Å². The standard InChI is InChI=1S/C15H12N6O5/c1-20(15(22)23)13-8-11(6-7-12(13)21(24)25)26-10-4-2-9(3-5-10)14-16-18-19-17-14/h2-8H,1H3,(H,22,23)(H,16,17,18,19). The first-order chi connectivity index (χ1) is 12.5. The summed E-state index contributed by atoms with van der Waals surface area (Å²) in [7, 11) is 1.22. The molecular formula is C15H12N6O5.